The van der Waals surface area contributed by atoms with Gasteiger partial charge in [0.1, 0.15) is 0 Å². The molecule has 26 heavy (non-hydrogen) atoms. The molecule has 0 aromatic heterocycles. The molecule has 0 fully saturated rings. The van der Waals surface area contributed by atoms with Crippen LogP contribution in [-0.2, 0) is 6.42 Å². The van der Waals surface area contributed by atoms with Gasteiger partial charge in [-0.05, 0) is 50.1 Å². The second kappa shape index (κ2) is 8.32. The van der Waals surface area contributed by atoms with Crippen LogP contribution < -0.4 is 19.5 Å². The molecule has 2 aromatic rings. The predicted octanol–water partition coefficient (Wildman–Crippen LogP) is 4.12. The van der Waals surface area contributed by atoms with Crippen LogP contribution in [0, 0.1) is 0 Å². The highest BCUT2D eigenvalue weighted by molar-refractivity contribution is 6.30. The van der Waals surface area contributed by atoms with Crippen molar-refractivity contribution in [3.63, 3.8) is 0 Å². The highest BCUT2D eigenvalue weighted by Gasteiger charge is 2.24. The van der Waals surface area contributed by atoms with Crippen LogP contribution in [-0.4, -0.2) is 32.8 Å². The van der Waals surface area contributed by atoms with E-state index in [1.807, 2.05) is 38.1 Å². The molecule has 5 nitrogen and oxygen atoms in total. The van der Waals surface area contributed by atoms with Gasteiger partial charge in [0.25, 0.3) is 5.91 Å². The van der Waals surface area contributed by atoms with Crippen molar-refractivity contribution in [2.75, 3.05) is 21.3 Å². The molecule has 0 radical (unpaired) electrons. The van der Waals surface area contributed by atoms with Gasteiger partial charge < -0.3 is 19.5 Å². The maximum atomic E-state index is 12.8. The molecule has 2 aromatic carbocycles. The van der Waals surface area contributed by atoms with Crippen LogP contribution in [0.2, 0.25) is 5.02 Å². The van der Waals surface area contributed by atoms with Crippen molar-refractivity contribution in [2.45, 2.75) is 25.8 Å². The van der Waals surface area contributed by atoms with Gasteiger partial charge in [0.15, 0.2) is 11.5 Å². The van der Waals surface area contributed by atoms with Gasteiger partial charge in [0.2, 0.25) is 5.75 Å². The van der Waals surface area contributed by atoms with E-state index in [0.29, 0.717) is 34.3 Å². The maximum Gasteiger partial charge on any atom is 0.251 e. The normalized spacial score (nSPS) is 11.0. The van der Waals surface area contributed by atoms with Crippen LogP contribution in [0.15, 0.2) is 36.4 Å². The topological polar surface area (TPSA) is 56.8 Å². The molecule has 0 spiro atoms. The van der Waals surface area contributed by atoms with E-state index in [0.717, 1.165) is 5.56 Å². The number of carbonyl (C=O) groups is 1. The van der Waals surface area contributed by atoms with E-state index in [1.54, 1.807) is 12.1 Å². The second-order valence-electron chi connectivity index (χ2n) is 6.56. The number of methoxy groups -OCH3 is 3. The number of benzene rings is 2. The Balaban J connectivity index is 2.21. The van der Waals surface area contributed by atoms with Crippen molar-refractivity contribution in [3.8, 4) is 17.2 Å². The van der Waals surface area contributed by atoms with Gasteiger partial charge >= 0.3 is 0 Å². The fraction of sp³-hybridized carbons (Fsp3) is 0.350. The smallest absolute Gasteiger partial charge is 0.251 e. The van der Waals surface area contributed by atoms with E-state index in [-0.39, 0.29) is 5.91 Å². The molecule has 1 amide bonds. The Morgan fingerprint density at radius 2 is 1.54 bits per heavy atom. The lowest BCUT2D eigenvalue weighted by atomic mass is 9.94. The lowest BCUT2D eigenvalue weighted by Crippen LogP contribution is -2.45. The summed E-state index contributed by atoms with van der Waals surface area (Å²) in [5.41, 5.74) is 1.07. The Bertz CT molecular complexity index is 747. The first-order valence-electron chi connectivity index (χ1n) is 8.16. The molecule has 0 aliphatic carbocycles. The first kappa shape index (κ1) is 19.9. The number of ether oxygens (including phenoxy) is 3. The number of nitrogens with one attached hydrogen (secondary N) is 1. The minimum Gasteiger partial charge on any atom is -0.493 e. The molecule has 0 saturated carbocycles. The summed E-state index contributed by atoms with van der Waals surface area (Å²) in [4.78, 5) is 12.8. The van der Waals surface area contributed by atoms with E-state index in [1.165, 1.54) is 21.3 Å². The molecule has 0 unspecified atom stereocenters. The first-order valence-corrected chi connectivity index (χ1v) is 8.54. The molecular formula is C20H24ClNO4. The van der Waals surface area contributed by atoms with Gasteiger partial charge in [-0.3, -0.25) is 4.79 Å². The molecule has 0 saturated heterocycles. The molecule has 6 heteroatoms. The second-order valence-corrected chi connectivity index (χ2v) is 6.99. The minimum absolute atomic E-state index is 0.219. The number of rotatable bonds is 7. The van der Waals surface area contributed by atoms with Crippen molar-refractivity contribution in [3.05, 3.63) is 52.5 Å². The van der Waals surface area contributed by atoms with Crippen molar-refractivity contribution < 1.29 is 19.0 Å². The third kappa shape index (κ3) is 4.82. The molecule has 0 heterocycles. The highest BCUT2D eigenvalue weighted by Crippen LogP contribution is 2.38. The lowest BCUT2D eigenvalue weighted by molar-refractivity contribution is 0.0912. The molecule has 2 rings (SSSR count). The van der Waals surface area contributed by atoms with E-state index in [2.05, 4.69) is 5.32 Å². The summed E-state index contributed by atoms with van der Waals surface area (Å²) in [6.07, 6.45) is 0.667. The summed E-state index contributed by atoms with van der Waals surface area (Å²) < 4.78 is 15.9. The third-order valence-electron chi connectivity index (χ3n) is 3.94. The first-order chi connectivity index (χ1) is 12.3. The predicted molar refractivity (Wildman–Crippen MR) is 103 cm³/mol. The summed E-state index contributed by atoms with van der Waals surface area (Å²) in [6, 6.07) is 10.9. The van der Waals surface area contributed by atoms with Crippen LogP contribution in [0.1, 0.15) is 29.8 Å². The van der Waals surface area contributed by atoms with Crippen LogP contribution in [0.25, 0.3) is 0 Å². The highest BCUT2D eigenvalue weighted by atomic mass is 35.5. The van der Waals surface area contributed by atoms with Crippen LogP contribution >= 0.6 is 11.6 Å². The monoisotopic (exact) mass is 377 g/mol. The molecular weight excluding hydrogens is 354 g/mol. The van der Waals surface area contributed by atoms with Crippen molar-refractivity contribution in [1.82, 2.24) is 5.32 Å². The average molecular weight is 378 g/mol. The van der Waals surface area contributed by atoms with Gasteiger partial charge in [-0.25, -0.2) is 0 Å². The SMILES string of the molecule is COc1cc(C(=O)NC(C)(C)Cc2ccc(Cl)cc2)cc(OC)c1OC. The Morgan fingerprint density at radius 1 is 1.00 bits per heavy atom. The zero-order valence-corrected chi connectivity index (χ0v) is 16.4. The summed E-state index contributed by atoms with van der Waals surface area (Å²) in [5, 5.41) is 3.74. The van der Waals surface area contributed by atoms with Gasteiger partial charge in [0.05, 0.1) is 21.3 Å². The van der Waals surface area contributed by atoms with Crippen molar-refractivity contribution in [2.24, 2.45) is 0 Å². The quantitative estimate of drug-likeness (QED) is 0.788. The molecule has 0 aliphatic heterocycles. The van der Waals surface area contributed by atoms with E-state index < -0.39 is 5.54 Å². The van der Waals surface area contributed by atoms with Crippen LogP contribution in [0.5, 0.6) is 17.2 Å². The molecule has 1 N–H and O–H groups in total. The average Bonchev–Trinajstić information content (AvgIpc) is 2.61. The van der Waals surface area contributed by atoms with E-state index in [4.69, 9.17) is 25.8 Å². The fourth-order valence-electron chi connectivity index (χ4n) is 2.75. The van der Waals surface area contributed by atoms with E-state index in [9.17, 15) is 4.79 Å². The zero-order valence-electron chi connectivity index (χ0n) is 15.7. The molecule has 0 bridgehead atoms. The molecule has 0 aliphatic rings. The summed E-state index contributed by atoms with van der Waals surface area (Å²) >= 11 is 5.93. The van der Waals surface area contributed by atoms with Gasteiger partial charge in [0, 0.05) is 16.1 Å². The summed E-state index contributed by atoms with van der Waals surface area (Å²) in [6.45, 7) is 3.94. The third-order valence-corrected chi connectivity index (χ3v) is 4.19. The van der Waals surface area contributed by atoms with Crippen molar-refractivity contribution in [1.29, 1.82) is 0 Å². The number of amides is 1. The van der Waals surface area contributed by atoms with E-state index >= 15 is 0 Å². The largest absolute Gasteiger partial charge is 0.493 e. The summed E-state index contributed by atoms with van der Waals surface area (Å²) in [5.74, 6) is 1.11. The number of carbonyl (C=O) groups excluding carboxylic acids is 1. The maximum absolute atomic E-state index is 12.8. The van der Waals surface area contributed by atoms with Crippen LogP contribution in [0.3, 0.4) is 0 Å². The molecule has 0 atom stereocenters. The van der Waals surface area contributed by atoms with Gasteiger partial charge in [-0.2, -0.15) is 0 Å². The standard InChI is InChI=1S/C20H24ClNO4/c1-20(2,12-13-6-8-15(21)9-7-13)22-19(23)14-10-16(24-3)18(26-5)17(11-14)25-4/h6-11H,12H2,1-5H3,(H,22,23). The number of hydrogen-bond donors (Lipinski definition) is 1. The van der Waals surface area contributed by atoms with Crippen LogP contribution in [0.4, 0.5) is 0 Å². The summed E-state index contributed by atoms with van der Waals surface area (Å²) in [7, 11) is 4.56. The van der Waals surface area contributed by atoms with Gasteiger partial charge in [-0.1, -0.05) is 23.7 Å². The minimum atomic E-state index is -0.453. The lowest BCUT2D eigenvalue weighted by Gasteiger charge is -2.27. The number of halogens is 1. The van der Waals surface area contributed by atoms with Crippen molar-refractivity contribution >= 4 is 17.5 Å². The fourth-order valence-corrected chi connectivity index (χ4v) is 2.87. The zero-order chi connectivity index (χ0) is 19.3. The molecule has 140 valence electrons. The Morgan fingerprint density at radius 3 is 2.00 bits per heavy atom. The Hall–Kier alpha value is -2.40. The number of hydrogen-bond acceptors (Lipinski definition) is 4. The van der Waals surface area contributed by atoms with Gasteiger partial charge in [-0.15, -0.1) is 0 Å². The Kier molecular flexibility index (Phi) is 6.37. The Labute approximate surface area is 159 Å².